The topological polar surface area (TPSA) is 77.8 Å². The number of ether oxygens (including phenoxy) is 2. The van der Waals surface area contributed by atoms with Crippen LogP contribution in [-0.4, -0.2) is 19.0 Å². The zero-order valence-corrected chi connectivity index (χ0v) is 17.5. The number of carbonyl (C=O) groups is 2. The maximum Gasteiger partial charge on any atom is 0.333 e. The van der Waals surface area contributed by atoms with Crippen molar-refractivity contribution in [1.29, 1.82) is 0 Å². The third-order valence-corrected chi connectivity index (χ3v) is 4.74. The van der Waals surface area contributed by atoms with Gasteiger partial charge in [0.05, 0.1) is 7.11 Å². The van der Waals surface area contributed by atoms with Gasteiger partial charge in [-0.3, -0.25) is 4.79 Å². The summed E-state index contributed by atoms with van der Waals surface area (Å²) in [6.07, 6.45) is 0. The van der Waals surface area contributed by atoms with E-state index in [-0.39, 0.29) is 11.7 Å². The molecule has 0 aliphatic rings. The zero-order valence-electron chi connectivity index (χ0n) is 17.5. The Kier molecular flexibility index (Phi) is 6.57. The smallest absolute Gasteiger partial charge is 0.333 e. The van der Waals surface area contributed by atoms with Crippen LogP contribution in [0.3, 0.4) is 0 Å². The third-order valence-electron chi connectivity index (χ3n) is 4.74. The number of furan rings is 1. The van der Waals surface area contributed by atoms with E-state index in [0.29, 0.717) is 17.2 Å². The SMILES string of the molecule is COC(=O)C(NC(=O)c1ccc(Oc2cc(C(C)C)ccc2C)o1)c1ccccc1. The Morgan fingerprint density at radius 1 is 0.967 bits per heavy atom. The van der Waals surface area contributed by atoms with Gasteiger partial charge in [0, 0.05) is 6.07 Å². The first kappa shape index (κ1) is 21.2. The molecule has 30 heavy (non-hydrogen) atoms. The maximum absolute atomic E-state index is 12.7. The summed E-state index contributed by atoms with van der Waals surface area (Å²) < 4.78 is 16.2. The molecule has 0 bridgehead atoms. The predicted octanol–water partition coefficient (Wildman–Crippen LogP) is 5.15. The molecule has 1 N–H and O–H groups in total. The fourth-order valence-corrected chi connectivity index (χ4v) is 2.94. The molecular weight excluding hydrogens is 382 g/mol. The summed E-state index contributed by atoms with van der Waals surface area (Å²) in [6, 6.07) is 17.0. The van der Waals surface area contributed by atoms with Crippen molar-refractivity contribution in [2.24, 2.45) is 0 Å². The quantitative estimate of drug-likeness (QED) is 0.548. The van der Waals surface area contributed by atoms with E-state index in [4.69, 9.17) is 13.9 Å². The Balaban J connectivity index is 1.76. The molecule has 0 radical (unpaired) electrons. The van der Waals surface area contributed by atoms with Gasteiger partial charge >= 0.3 is 5.97 Å². The van der Waals surface area contributed by atoms with Crippen LogP contribution in [0.15, 0.2) is 65.1 Å². The van der Waals surface area contributed by atoms with Crippen LogP contribution in [0, 0.1) is 6.92 Å². The van der Waals surface area contributed by atoms with Crippen LogP contribution in [0.1, 0.15) is 53.1 Å². The molecule has 1 unspecified atom stereocenters. The lowest BCUT2D eigenvalue weighted by atomic mass is 10.0. The molecule has 1 aromatic heterocycles. The number of amides is 1. The van der Waals surface area contributed by atoms with Gasteiger partial charge in [-0.2, -0.15) is 0 Å². The molecule has 2 aromatic carbocycles. The summed E-state index contributed by atoms with van der Waals surface area (Å²) in [6.45, 7) is 6.15. The van der Waals surface area contributed by atoms with Crippen LogP contribution in [0.5, 0.6) is 11.7 Å². The van der Waals surface area contributed by atoms with Crippen LogP contribution in [0.25, 0.3) is 0 Å². The van der Waals surface area contributed by atoms with Crippen molar-refractivity contribution in [3.8, 4) is 11.7 Å². The Morgan fingerprint density at radius 3 is 2.37 bits per heavy atom. The van der Waals surface area contributed by atoms with Gasteiger partial charge < -0.3 is 19.2 Å². The Labute approximate surface area is 175 Å². The first-order valence-corrected chi connectivity index (χ1v) is 9.71. The molecule has 1 amide bonds. The molecule has 0 saturated carbocycles. The van der Waals surface area contributed by atoms with Gasteiger partial charge in [-0.1, -0.05) is 56.3 Å². The first-order valence-electron chi connectivity index (χ1n) is 9.71. The summed E-state index contributed by atoms with van der Waals surface area (Å²) in [5.41, 5.74) is 2.71. The minimum absolute atomic E-state index is 0.0347. The number of aryl methyl sites for hydroxylation is 1. The number of rotatable bonds is 7. The van der Waals surface area contributed by atoms with Crippen molar-refractivity contribution in [2.45, 2.75) is 32.7 Å². The lowest BCUT2D eigenvalue weighted by molar-refractivity contribution is -0.143. The van der Waals surface area contributed by atoms with Crippen molar-refractivity contribution in [1.82, 2.24) is 5.32 Å². The number of methoxy groups -OCH3 is 1. The Bertz CT molecular complexity index is 1020. The summed E-state index contributed by atoms with van der Waals surface area (Å²) in [5, 5.41) is 2.65. The molecule has 3 rings (SSSR count). The van der Waals surface area contributed by atoms with Gasteiger partial charge in [-0.15, -0.1) is 0 Å². The number of nitrogens with one attached hydrogen (secondary N) is 1. The standard InChI is InChI=1S/C24H25NO5/c1-15(2)18-11-10-16(3)20(14-18)30-21-13-12-19(29-21)23(26)25-22(24(27)28-4)17-8-6-5-7-9-17/h5-15,22H,1-4H3,(H,25,26). The van der Waals surface area contributed by atoms with Crippen LogP contribution in [0.2, 0.25) is 0 Å². The molecule has 6 nitrogen and oxygen atoms in total. The molecule has 6 heteroatoms. The van der Waals surface area contributed by atoms with Gasteiger partial charge in [-0.25, -0.2) is 4.79 Å². The van der Waals surface area contributed by atoms with Gasteiger partial charge in [0.15, 0.2) is 11.8 Å². The second kappa shape index (κ2) is 9.31. The van der Waals surface area contributed by atoms with E-state index < -0.39 is 17.9 Å². The molecule has 0 fully saturated rings. The van der Waals surface area contributed by atoms with E-state index in [1.807, 2.05) is 25.1 Å². The van der Waals surface area contributed by atoms with Crippen molar-refractivity contribution in [2.75, 3.05) is 7.11 Å². The monoisotopic (exact) mass is 407 g/mol. The van der Waals surface area contributed by atoms with Crippen LogP contribution in [-0.2, 0) is 9.53 Å². The average molecular weight is 407 g/mol. The number of hydrogen-bond donors (Lipinski definition) is 1. The zero-order chi connectivity index (χ0) is 21.7. The van der Waals surface area contributed by atoms with E-state index in [1.165, 1.54) is 13.2 Å². The van der Waals surface area contributed by atoms with Crippen molar-refractivity contribution >= 4 is 11.9 Å². The van der Waals surface area contributed by atoms with Crippen molar-refractivity contribution < 1.29 is 23.5 Å². The maximum atomic E-state index is 12.7. The van der Waals surface area contributed by atoms with Crippen LogP contribution < -0.4 is 10.1 Å². The highest BCUT2D eigenvalue weighted by Crippen LogP contribution is 2.30. The predicted molar refractivity (Wildman–Crippen MR) is 113 cm³/mol. The fraction of sp³-hybridized carbons (Fsp3) is 0.250. The largest absolute Gasteiger partial charge is 0.467 e. The normalized spacial score (nSPS) is 11.8. The Hall–Kier alpha value is -3.54. The second-order valence-corrected chi connectivity index (χ2v) is 7.24. The second-order valence-electron chi connectivity index (χ2n) is 7.24. The minimum Gasteiger partial charge on any atom is -0.467 e. The van der Waals surface area contributed by atoms with Gasteiger partial charge in [0.2, 0.25) is 0 Å². The molecule has 0 aliphatic carbocycles. The molecule has 0 saturated heterocycles. The highest BCUT2D eigenvalue weighted by atomic mass is 16.6. The number of hydrogen-bond acceptors (Lipinski definition) is 5. The summed E-state index contributed by atoms with van der Waals surface area (Å²) in [4.78, 5) is 24.8. The van der Waals surface area contributed by atoms with E-state index in [2.05, 4.69) is 25.2 Å². The van der Waals surface area contributed by atoms with Crippen LogP contribution in [0.4, 0.5) is 0 Å². The molecule has 0 spiro atoms. The van der Waals surface area contributed by atoms with Gasteiger partial charge in [0.1, 0.15) is 5.75 Å². The lowest BCUT2D eigenvalue weighted by Crippen LogP contribution is -2.34. The molecule has 1 heterocycles. The number of esters is 1. The van der Waals surface area contributed by atoms with Crippen molar-refractivity contribution in [3.63, 3.8) is 0 Å². The highest BCUT2D eigenvalue weighted by molar-refractivity contribution is 5.95. The van der Waals surface area contributed by atoms with E-state index in [1.54, 1.807) is 30.3 Å². The number of carbonyl (C=O) groups excluding carboxylic acids is 2. The first-order chi connectivity index (χ1) is 14.4. The summed E-state index contributed by atoms with van der Waals surface area (Å²) in [7, 11) is 1.27. The third kappa shape index (κ3) is 4.89. The fourth-order valence-electron chi connectivity index (χ4n) is 2.94. The molecular formula is C24H25NO5. The van der Waals surface area contributed by atoms with Gasteiger partial charge in [0.25, 0.3) is 11.9 Å². The lowest BCUT2D eigenvalue weighted by Gasteiger charge is -2.16. The van der Waals surface area contributed by atoms with Crippen molar-refractivity contribution in [3.05, 3.63) is 83.1 Å². The number of benzene rings is 2. The molecule has 156 valence electrons. The molecule has 1 atom stereocenters. The molecule has 0 aliphatic heterocycles. The Morgan fingerprint density at radius 2 is 1.70 bits per heavy atom. The minimum atomic E-state index is -0.942. The highest BCUT2D eigenvalue weighted by Gasteiger charge is 2.25. The summed E-state index contributed by atoms with van der Waals surface area (Å²) in [5.74, 6) is 0.139. The van der Waals surface area contributed by atoms with E-state index in [0.717, 1.165) is 11.1 Å². The molecule has 3 aromatic rings. The van der Waals surface area contributed by atoms with Crippen LogP contribution >= 0.6 is 0 Å². The van der Waals surface area contributed by atoms with Gasteiger partial charge in [-0.05, 0) is 41.7 Å². The summed E-state index contributed by atoms with van der Waals surface area (Å²) >= 11 is 0. The van der Waals surface area contributed by atoms with E-state index >= 15 is 0 Å². The average Bonchev–Trinajstić information content (AvgIpc) is 3.22. The van der Waals surface area contributed by atoms with E-state index in [9.17, 15) is 9.59 Å².